The van der Waals surface area contributed by atoms with E-state index >= 15 is 0 Å². The van der Waals surface area contributed by atoms with Crippen LogP contribution in [0.15, 0.2) is 51.1 Å². The number of nitrogens with zero attached hydrogens (tertiary/aromatic N) is 2. The van der Waals surface area contributed by atoms with Crippen LogP contribution in [0.25, 0.3) is 0 Å². The highest BCUT2D eigenvalue weighted by Gasteiger charge is 2.30. The van der Waals surface area contributed by atoms with Gasteiger partial charge in [0.05, 0.1) is 16.5 Å². The predicted molar refractivity (Wildman–Crippen MR) is 142 cm³/mol. The van der Waals surface area contributed by atoms with E-state index in [1.165, 1.54) is 29.0 Å². The van der Waals surface area contributed by atoms with Crippen molar-refractivity contribution in [3.8, 4) is 6.07 Å². The van der Waals surface area contributed by atoms with Gasteiger partial charge in [-0.3, -0.25) is 0 Å². The lowest BCUT2D eigenvalue weighted by Crippen LogP contribution is -2.39. The fourth-order valence-corrected chi connectivity index (χ4v) is 7.12. The monoisotopic (exact) mass is 499 g/mol. The van der Waals surface area contributed by atoms with Crippen LogP contribution in [0.5, 0.6) is 0 Å². The molecule has 0 saturated heterocycles. The van der Waals surface area contributed by atoms with Crippen LogP contribution in [0.2, 0.25) is 0 Å². The first-order chi connectivity index (χ1) is 16.1. The number of nitriles is 1. The first kappa shape index (κ1) is 28.4. The van der Waals surface area contributed by atoms with Crippen molar-refractivity contribution < 1.29 is 8.42 Å². The summed E-state index contributed by atoms with van der Waals surface area (Å²) in [5.74, 6) is 0.669. The number of aryl methyl sites for hydroxylation is 2. The van der Waals surface area contributed by atoms with Crippen LogP contribution < -0.4 is 0 Å². The summed E-state index contributed by atoms with van der Waals surface area (Å²) in [5, 5.41) is 9.52. The van der Waals surface area contributed by atoms with Gasteiger partial charge < -0.3 is 6.92 Å². The van der Waals surface area contributed by atoms with Gasteiger partial charge in [0.25, 0.3) is 0 Å². The molecule has 2 aromatic carbocycles. The Balaban J connectivity index is 2.60. The third kappa shape index (κ3) is 7.10. The Morgan fingerprint density at radius 3 is 2.24 bits per heavy atom. The van der Waals surface area contributed by atoms with E-state index in [-0.39, 0.29) is 16.7 Å². The molecule has 0 aliphatic carbocycles. The maximum Gasteiger partial charge on any atom is 0.244 e. The molecule has 6 heteroatoms. The van der Waals surface area contributed by atoms with Crippen molar-refractivity contribution in [1.82, 2.24) is 4.31 Å². The van der Waals surface area contributed by atoms with Gasteiger partial charge in [-0.15, -0.1) is 0 Å². The maximum absolute atomic E-state index is 14.1. The SMILES string of the molecule is [CH2-]CC(C)C(C)CN(CC(C)C)S(=O)(=O)c1cc(C#N)ccc1Sc1cc(CC)ccc1CC. The van der Waals surface area contributed by atoms with Crippen LogP contribution in [-0.4, -0.2) is 25.8 Å². The number of benzene rings is 2. The van der Waals surface area contributed by atoms with E-state index in [4.69, 9.17) is 0 Å². The Labute approximate surface area is 211 Å². The molecule has 0 aliphatic heterocycles. The second-order valence-corrected chi connectivity index (χ2v) is 12.5. The molecule has 0 aromatic heterocycles. The first-order valence-corrected chi connectivity index (χ1v) is 14.5. The molecule has 0 bridgehead atoms. The van der Waals surface area contributed by atoms with E-state index in [2.05, 4.69) is 58.9 Å². The average molecular weight is 500 g/mol. The van der Waals surface area contributed by atoms with Gasteiger partial charge in [-0.05, 0) is 60.1 Å². The zero-order chi connectivity index (χ0) is 25.5. The molecule has 34 heavy (non-hydrogen) atoms. The minimum absolute atomic E-state index is 0.175. The molecule has 186 valence electrons. The van der Waals surface area contributed by atoms with Crippen molar-refractivity contribution in [3.05, 3.63) is 60.0 Å². The molecule has 0 N–H and O–H groups in total. The lowest BCUT2D eigenvalue weighted by Gasteiger charge is -2.30. The normalized spacial score (nSPS) is 13.8. The third-order valence-corrected chi connectivity index (χ3v) is 9.50. The van der Waals surface area contributed by atoms with Crippen molar-refractivity contribution in [2.24, 2.45) is 17.8 Å². The summed E-state index contributed by atoms with van der Waals surface area (Å²) in [6.07, 6.45) is 2.54. The summed E-state index contributed by atoms with van der Waals surface area (Å²) in [6, 6.07) is 13.6. The smallest absolute Gasteiger partial charge is 0.244 e. The Hall–Kier alpha value is -1.81. The van der Waals surface area contributed by atoms with Crippen molar-refractivity contribution in [3.63, 3.8) is 0 Å². The Kier molecular flexibility index (Phi) is 10.7. The number of rotatable bonds is 12. The first-order valence-electron chi connectivity index (χ1n) is 12.2. The number of sulfonamides is 1. The molecule has 2 atom stereocenters. The van der Waals surface area contributed by atoms with Gasteiger partial charge in [0.2, 0.25) is 10.0 Å². The zero-order valence-corrected chi connectivity index (χ0v) is 23.1. The van der Waals surface area contributed by atoms with Crippen LogP contribution >= 0.6 is 11.8 Å². The lowest BCUT2D eigenvalue weighted by atomic mass is 9.93. The Bertz CT molecular complexity index is 1100. The van der Waals surface area contributed by atoms with Gasteiger partial charge in [0.1, 0.15) is 0 Å². The standard InChI is InChI=1S/C28H39N2O2S2/c1-8-21(6)22(7)19-30(18-20(4)5)34(31,32)28-16-24(17-29)12-14-26(28)33-27-15-23(9-2)11-13-25(27)10-3/h11-16,20-22H,1,8-10,18-19H2,2-7H3/q-1. The molecule has 2 aromatic rings. The molecular weight excluding hydrogens is 460 g/mol. The molecule has 0 radical (unpaired) electrons. The fourth-order valence-electron chi connectivity index (χ4n) is 3.79. The van der Waals surface area contributed by atoms with E-state index in [1.807, 2.05) is 13.8 Å². The summed E-state index contributed by atoms with van der Waals surface area (Å²) in [4.78, 5) is 1.95. The summed E-state index contributed by atoms with van der Waals surface area (Å²) in [7, 11) is -3.81. The highest BCUT2D eigenvalue weighted by atomic mass is 32.2. The highest BCUT2D eigenvalue weighted by molar-refractivity contribution is 8.00. The second-order valence-electron chi connectivity index (χ2n) is 9.48. The van der Waals surface area contributed by atoms with Crippen molar-refractivity contribution in [1.29, 1.82) is 5.26 Å². The highest BCUT2D eigenvalue weighted by Crippen LogP contribution is 2.38. The van der Waals surface area contributed by atoms with Crippen LogP contribution in [0.1, 0.15) is 64.7 Å². The van der Waals surface area contributed by atoms with E-state index in [0.717, 1.165) is 24.2 Å². The topological polar surface area (TPSA) is 61.2 Å². The van der Waals surface area contributed by atoms with Crippen LogP contribution in [0.4, 0.5) is 0 Å². The molecule has 2 unspecified atom stereocenters. The van der Waals surface area contributed by atoms with Crippen molar-refractivity contribution in [2.75, 3.05) is 13.1 Å². The van der Waals surface area contributed by atoms with Gasteiger partial charge in [-0.2, -0.15) is 16.0 Å². The van der Waals surface area contributed by atoms with Crippen LogP contribution in [-0.2, 0) is 22.9 Å². The molecule has 0 heterocycles. The molecule has 0 amide bonds. The van der Waals surface area contributed by atoms with E-state index < -0.39 is 10.0 Å². The van der Waals surface area contributed by atoms with E-state index in [9.17, 15) is 13.7 Å². The van der Waals surface area contributed by atoms with Gasteiger partial charge >= 0.3 is 0 Å². The zero-order valence-electron chi connectivity index (χ0n) is 21.5. The minimum atomic E-state index is -3.81. The Morgan fingerprint density at radius 1 is 0.971 bits per heavy atom. The molecule has 0 aliphatic rings. The van der Waals surface area contributed by atoms with Crippen LogP contribution in [0, 0.1) is 36.0 Å². The maximum atomic E-state index is 14.1. The second kappa shape index (κ2) is 12.8. The van der Waals surface area contributed by atoms with Gasteiger partial charge in [-0.1, -0.05) is 71.4 Å². The average Bonchev–Trinajstić information content (AvgIpc) is 2.82. The molecule has 0 saturated carbocycles. The van der Waals surface area contributed by atoms with Crippen molar-refractivity contribution >= 4 is 21.8 Å². The van der Waals surface area contributed by atoms with Gasteiger partial charge in [0.15, 0.2) is 0 Å². The van der Waals surface area contributed by atoms with Gasteiger partial charge in [-0.25, -0.2) is 8.42 Å². The number of hydrogen-bond acceptors (Lipinski definition) is 4. The molecular formula is C28H39N2O2S2-. The van der Waals surface area contributed by atoms with E-state index in [1.54, 1.807) is 16.4 Å². The molecule has 4 nitrogen and oxygen atoms in total. The third-order valence-electron chi connectivity index (χ3n) is 6.32. The molecule has 0 fully saturated rings. The summed E-state index contributed by atoms with van der Waals surface area (Å²) < 4.78 is 29.7. The van der Waals surface area contributed by atoms with Crippen molar-refractivity contribution in [2.45, 2.75) is 75.5 Å². The largest absolute Gasteiger partial charge is 0.343 e. The molecule has 2 rings (SSSR count). The lowest BCUT2D eigenvalue weighted by molar-refractivity contribution is 0.274. The summed E-state index contributed by atoms with van der Waals surface area (Å²) in [6.45, 7) is 17.4. The summed E-state index contributed by atoms with van der Waals surface area (Å²) >= 11 is 1.48. The quantitative estimate of drug-likeness (QED) is 0.296. The number of hydrogen-bond donors (Lipinski definition) is 0. The predicted octanol–water partition coefficient (Wildman–Crippen LogP) is 6.98. The fraction of sp³-hybridized carbons (Fsp3) is 0.500. The minimum Gasteiger partial charge on any atom is -0.343 e. The van der Waals surface area contributed by atoms with Crippen LogP contribution in [0.3, 0.4) is 0 Å². The van der Waals surface area contributed by atoms with Gasteiger partial charge in [0, 0.05) is 22.9 Å². The summed E-state index contributed by atoms with van der Waals surface area (Å²) in [5.41, 5.74) is 2.76. The molecule has 0 spiro atoms. The van der Waals surface area contributed by atoms with E-state index in [0.29, 0.717) is 29.5 Å². The Morgan fingerprint density at radius 2 is 1.68 bits per heavy atom.